The first kappa shape index (κ1) is 14.6. The maximum Gasteiger partial charge on any atom is 0.221 e. The minimum atomic E-state index is 0.0775. The van der Waals surface area contributed by atoms with Gasteiger partial charge < -0.3 is 10.2 Å². The molecule has 116 valence electrons. The molecule has 1 aromatic carbocycles. The van der Waals surface area contributed by atoms with Crippen LogP contribution in [-0.2, 0) is 11.3 Å². The number of benzene rings is 1. The van der Waals surface area contributed by atoms with Crippen molar-refractivity contribution in [1.82, 2.24) is 20.1 Å². The summed E-state index contributed by atoms with van der Waals surface area (Å²) in [6.07, 6.45) is 4.67. The van der Waals surface area contributed by atoms with Gasteiger partial charge in [0, 0.05) is 31.7 Å². The van der Waals surface area contributed by atoms with E-state index in [9.17, 15) is 4.79 Å². The quantitative estimate of drug-likeness (QED) is 0.873. The van der Waals surface area contributed by atoms with Gasteiger partial charge in [0.1, 0.15) is 12.7 Å². The normalized spacial score (nSPS) is 17.6. The Balaban J connectivity index is 1.38. The molecule has 0 aliphatic carbocycles. The van der Waals surface area contributed by atoms with Crippen LogP contribution in [0.3, 0.4) is 0 Å². The van der Waals surface area contributed by atoms with Gasteiger partial charge in [-0.05, 0) is 24.5 Å². The van der Waals surface area contributed by atoms with E-state index in [2.05, 4.69) is 44.6 Å². The second-order valence-electron chi connectivity index (χ2n) is 5.65. The van der Waals surface area contributed by atoms with E-state index in [1.54, 1.807) is 11.0 Å². The first-order valence-corrected chi connectivity index (χ1v) is 7.70. The van der Waals surface area contributed by atoms with Crippen molar-refractivity contribution in [3.63, 3.8) is 0 Å². The zero-order valence-corrected chi connectivity index (χ0v) is 12.6. The Morgan fingerprint density at radius 1 is 1.32 bits per heavy atom. The number of anilines is 1. The Bertz CT molecular complexity index is 584. The number of para-hydroxylation sites is 1. The molecule has 1 saturated heterocycles. The molecule has 0 radical (unpaired) electrons. The van der Waals surface area contributed by atoms with Crippen LogP contribution in [0.1, 0.15) is 12.8 Å². The maximum atomic E-state index is 11.9. The van der Waals surface area contributed by atoms with Crippen molar-refractivity contribution in [1.29, 1.82) is 0 Å². The second kappa shape index (κ2) is 7.06. The van der Waals surface area contributed by atoms with E-state index in [4.69, 9.17) is 0 Å². The van der Waals surface area contributed by atoms with Crippen LogP contribution in [0.2, 0.25) is 0 Å². The van der Waals surface area contributed by atoms with Crippen LogP contribution in [0, 0.1) is 5.92 Å². The van der Waals surface area contributed by atoms with Crippen LogP contribution in [0.5, 0.6) is 0 Å². The SMILES string of the molecule is O=C(CCn1cncn1)NC[C@H]1CCN(c2ccccc2)C1. The standard InChI is InChI=1S/C16H21N5O/c22-16(7-9-21-13-17-12-19-21)18-10-14-6-8-20(11-14)15-4-2-1-3-5-15/h1-5,12-14H,6-11H2,(H,18,22)/t14-/m1/s1. The van der Waals surface area contributed by atoms with E-state index in [0.717, 1.165) is 26.1 Å². The summed E-state index contributed by atoms with van der Waals surface area (Å²) in [6, 6.07) is 10.4. The topological polar surface area (TPSA) is 63.1 Å². The van der Waals surface area contributed by atoms with Crippen molar-refractivity contribution in [2.45, 2.75) is 19.4 Å². The third-order valence-corrected chi connectivity index (χ3v) is 4.03. The Morgan fingerprint density at radius 3 is 2.95 bits per heavy atom. The number of carbonyl (C=O) groups excluding carboxylic acids is 1. The maximum absolute atomic E-state index is 11.9. The molecule has 3 rings (SSSR count). The van der Waals surface area contributed by atoms with E-state index in [1.165, 1.54) is 12.0 Å². The molecule has 0 spiro atoms. The van der Waals surface area contributed by atoms with Crippen molar-refractivity contribution in [3.8, 4) is 0 Å². The summed E-state index contributed by atoms with van der Waals surface area (Å²) >= 11 is 0. The molecular weight excluding hydrogens is 278 g/mol. The van der Waals surface area contributed by atoms with E-state index in [-0.39, 0.29) is 5.91 Å². The van der Waals surface area contributed by atoms with Crippen molar-refractivity contribution in [2.75, 3.05) is 24.5 Å². The molecule has 1 N–H and O–H groups in total. The molecule has 2 heterocycles. The molecule has 1 amide bonds. The molecule has 2 aromatic rings. The van der Waals surface area contributed by atoms with Gasteiger partial charge in [-0.25, -0.2) is 4.98 Å². The van der Waals surface area contributed by atoms with Crippen molar-refractivity contribution in [2.24, 2.45) is 5.92 Å². The van der Waals surface area contributed by atoms with Crippen LogP contribution in [0.4, 0.5) is 5.69 Å². The number of hydrogen-bond donors (Lipinski definition) is 1. The molecule has 1 atom stereocenters. The number of aromatic nitrogens is 3. The van der Waals surface area contributed by atoms with Gasteiger partial charge in [0.05, 0.1) is 6.54 Å². The van der Waals surface area contributed by atoms with Gasteiger partial charge in [-0.1, -0.05) is 18.2 Å². The van der Waals surface area contributed by atoms with Crippen molar-refractivity contribution < 1.29 is 4.79 Å². The molecule has 0 bridgehead atoms. The fourth-order valence-corrected chi connectivity index (χ4v) is 2.78. The number of carbonyl (C=O) groups is 1. The summed E-state index contributed by atoms with van der Waals surface area (Å²) in [6.45, 7) is 3.39. The first-order valence-electron chi connectivity index (χ1n) is 7.70. The molecule has 1 aliphatic heterocycles. The third-order valence-electron chi connectivity index (χ3n) is 4.03. The predicted molar refractivity (Wildman–Crippen MR) is 84.4 cm³/mol. The minimum absolute atomic E-state index is 0.0775. The number of aryl methyl sites for hydroxylation is 1. The highest BCUT2D eigenvalue weighted by Crippen LogP contribution is 2.22. The first-order chi connectivity index (χ1) is 10.8. The van der Waals surface area contributed by atoms with Gasteiger partial charge in [0.25, 0.3) is 0 Å². The summed E-state index contributed by atoms with van der Waals surface area (Å²) in [5.41, 5.74) is 1.27. The van der Waals surface area contributed by atoms with E-state index in [1.807, 2.05) is 6.07 Å². The molecule has 6 nitrogen and oxygen atoms in total. The Morgan fingerprint density at radius 2 is 2.18 bits per heavy atom. The monoisotopic (exact) mass is 299 g/mol. The highest BCUT2D eigenvalue weighted by Gasteiger charge is 2.22. The average Bonchev–Trinajstić information content (AvgIpc) is 3.23. The minimum Gasteiger partial charge on any atom is -0.371 e. The molecule has 0 unspecified atom stereocenters. The highest BCUT2D eigenvalue weighted by atomic mass is 16.1. The van der Waals surface area contributed by atoms with Gasteiger partial charge in [0.2, 0.25) is 5.91 Å². The third kappa shape index (κ3) is 3.84. The second-order valence-corrected chi connectivity index (χ2v) is 5.65. The van der Waals surface area contributed by atoms with Crippen molar-refractivity contribution >= 4 is 11.6 Å². The molecule has 0 saturated carbocycles. The molecule has 1 fully saturated rings. The van der Waals surface area contributed by atoms with E-state index >= 15 is 0 Å². The lowest BCUT2D eigenvalue weighted by Gasteiger charge is -2.18. The van der Waals surface area contributed by atoms with Crippen LogP contribution in [0.25, 0.3) is 0 Å². The fourth-order valence-electron chi connectivity index (χ4n) is 2.78. The molecule has 6 heteroatoms. The zero-order valence-electron chi connectivity index (χ0n) is 12.6. The number of nitrogens with one attached hydrogen (secondary N) is 1. The average molecular weight is 299 g/mol. The highest BCUT2D eigenvalue weighted by molar-refractivity contribution is 5.75. The van der Waals surface area contributed by atoms with Crippen molar-refractivity contribution in [3.05, 3.63) is 43.0 Å². The van der Waals surface area contributed by atoms with Gasteiger partial charge in [-0.2, -0.15) is 5.10 Å². The molecular formula is C16H21N5O. The lowest BCUT2D eigenvalue weighted by atomic mass is 10.1. The lowest BCUT2D eigenvalue weighted by molar-refractivity contribution is -0.121. The van der Waals surface area contributed by atoms with Crippen LogP contribution >= 0.6 is 0 Å². The van der Waals surface area contributed by atoms with E-state index in [0.29, 0.717) is 18.9 Å². The predicted octanol–water partition coefficient (Wildman–Crippen LogP) is 1.31. The van der Waals surface area contributed by atoms with Gasteiger partial charge in [-0.15, -0.1) is 0 Å². The van der Waals surface area contributed by atoms with E-state index < -0.39 is 0 Å². The number of amides is 1. The number of rotatable bonds is 6. The van der Waals surface area contributed by atoms with Crippen LogP contribution < -0.4 is 10.2 Å². The summed E-state index contributed by atoms with van der Waals surface area (Å²) in [7, 11) is 0. The largest absolute Gasteiger partial charge is 0.371 e. The zero-order chi connectivity index (χ0) is 15.2. The molecule has 1 aromatic heterocycles. The summed E-state index contributed by atoms with van der Waals surface area (Å²) < 4.78 is 1.67. The Hall–Kier alpha value is -2.37. The van der Waals surface area contributed by atoms with Gasteiger partial charge in [0.15, 0.2) is 0 Å². The Labute approximate surface area is 130 Å². The van der Waals surface area contributed by atoms with Crippen LogP contribution in [0.15, 0.2) is 43.0 Å². The molecule has 22 heavy (non-hydrogen) atoms. The summed E-state index contributed by atoms with van der Waals surface area (Å²) in [5.74, 6) is 0.601. The Kier molecular flexibility index (Phi) is 4.68. The number of nitrogens with zero attached hydrogens (tertiary/aromatic N) is 4. The lowest BCUT2D eigenvalue weighted by Crippen LogP contribution is -2.31. The molecule has 1 aliphatic rings. The van der Waals surface area contributed by atoms with Gasteiger partial charge in [-0.3, -0.25) is 9.48 Å². The number of hydrogen-bond acceptors (Lipinski definition) is 4. The fraction of sp³-hybridized carbons (Fsp3) is 0.438. The summed E-state index contributed by atoms with van der Waals surface area (Å²) in [4.78, 5) is 18.1. The van der Waals surface area contributed by atoms with Crippen LogP contribution in [-0.4, -0.2) is 40.3 Å². The van der Waals surface area contributed by atoms with Gasteiger partial charge >= 0.3 is 0 Å². The summed E-state index contributed by atoms with van der Waals surface area (Å²) in [5, 5.41) is 7.02. The smallest absolute Gasteiger partial charge is 0.221 e.